The van der Waals surface area contributed by atoms with Crippen LogP contribution in [0.3, 0.4) is 0 Å². The lowest BCUT2D eigenvalue weighted by molar-refractivity contribution is -0.136. The largest absolute Gasteiger partial charge is 0.481 e. The van der Waals surface area contributed by atoms with E-state index in [9.17, 15) is 4.79 Å². The van der Waals surface area contributed by atoms with Gasteiger partial charge in [-0.25, -0.2) is 4.98 Å². The molecule has 0 saturated carbocycles. The van der Waals surface area contributed by atoms with E-state index in [1.54, 1.807) is 0 Å². The molecular weight excluding hydrogens is 314 g/mol. The normalized spacial score (nSPS) is 18.4. The van der Waals surface area contributed by atoms with Crippen LogP contribution in [0.15, 0.2) is 60.9 Å². The van der Waals surface area contributed by atoms with Crippen molar-refractivity contribution in [3.63, 3.8) is 0 Å². The van der Waals surface area contributed by atoms with E-state index in [0.29, 0.717) is 6.54 Å². The Morgan fingerprint density at radius 3 is 2.76 bits per heavy atom. The van der Waals surface area contributed by atoms with E-state index in [0.717, 1.165) is 29.7 Å². The highest BCUT2D eigenvalue weighted by Crippen LogP contribution is 2.26. The predicted molar refractivity (Wildman–Crippen MR) is 96.5 cm³/mol. The van der Waals surface area contributed by atoms with Gasteiger partial charge in [0.25, 0.3) is 5.91 Å². The van der Waals surface area contributed by atoms with Gasteiger partial charge in [0.05, 0.1) is 23.4 Å². The molecule has 0 unspecified atom stereocenters. The second kappa shape index (κ2) is 6.59. The number of hydrogen-bond acceptors (Lipinski definition) is 3. The van der Waals surface area contributed by atoms with Crippen LogP contribution in [0.4, 0.5) is 0 Å². The average molecular weight is 335 g/mol. The van der Waals surface area contributed by atoms with E-state index < -0.39 is 6.10 Å². The Morgan fingerprint density at radius 1 is 1.16 bits per heavy atom. The molecule has 0 aliphatic carbocycles. The summed E-state index contributed by atoms with van der Waals surface area (Å²) in [6.45, 7) is 3.26. The average Bonchev–Trinajstić information content (AvgIpc) is 3.28. The van der Waals surface area contributed by atoms with Crippen molar-refractivity contribution in [2.24, 2.45) is 0 Å². The molecule has 1 amide bonds. The minimum atomic E-state index is -0.485. The van der Waals surface area contributed by atoms with E-state index in [-0.39, 0.29) is 11.9 Å². The molecule has 1 aromatic heterocycles. The van der Waals surface area contributed by atoms with Gasteiger partial charge in [-0.15, -0.1) is 0 Å². The highest BCUT2D eigenvalue weighted by molar-refractivity contribution is 5.81. The van der Waals surface area contributed by atoms with Gasteiger partial charge >= 0.3 is 0 Å². The van der Waals surface area contributed by atoms with Crippen molar-refractivity contribution in [2.45, 2.75) is 25.5 Å². The first-order valence-corrected chi connectivity index (χ1v) is 8.64. The minimum Gasteiger partial charge on any atom is -0.481 e. The fourth-order valence-corrected chi connectivity index (χ4v) is 3.45. The van der Waals surface area contributed by atoms with Crippen LogP contribution in [0.5, 0.6) is 5.75 Å². The predicted octanol–water partition coefficient (Wildman–Crippen LogP) is 3.28. The van der Waals surface area contributed by atoms with Gasteiger partial charge in [0.2, 0.25) is 0 Å². The molecule has 0 N–H and O–H groups in total. The third-order valence-electron chi connectivity index (χ3n) is 4.75. The molecule has 1 aliphatic rings. The van der Waals surface area contributed by atoms with Crippen molar-refractivity contribution in [1.82, 2.24) is 14.5 Å². The van der Waals surface area contributed by atoms with Gasteiger partial charge < -0.3 is 14.2 Å². The molecule has 3 aromatic rings. The minimum absolute atomic E-state index is 0.0378. The first-order chi connectivity index (χ1) is 12.2. The van der Waals surface area contributed by atoms with Gasteiger partial charge in [0, 0.05) is 13.1 Å². The van der Waals surface area contributed by atoms with Crippen LogP contribution in [-0.4, -0.2) is 39.6 Å². The summed E-state index contributed by atoms with van der Waals surface area (Å²) in [6, 6.07) is 17.8. The maximum absolute atomic E-state index is 12.7. The summed E-state index contributed by atoms with van der Waals surface area (Å²) in [6.07, 6.45) is 2.33. The number of imidazole rings is 1. The highest BCUT2D eigenvalue weighted by atomic mass is 16.5. The number of amides is 1. The lowest BCUT2D eigenvalue weighted by Crippen LogP contribution is -2.39. The molecule has 1 fully saturated rings. The van der Waals surface area contributed by atoms with Crippen LogP contribution in [-0.2, 0) is 4.79 Å². The number of carbonyl (C=O) groups excluding carboxylic acids is 1. The fraction of sp³-hybridized carbons (Fsp3) is 0.300. The third-order valence-corrected chi connectivity index (χ3v) is 4.75. The molecule has 4 rings (SSSR count). The van der Waals surface area contributed by atoms with Crippen molar-refractivity contribution in [3.8, 4) is 5.75 Å². The van der Waals surface area contributed by atoms with E-state index in [1.165, 1.54) is 0 Å². The molecule has 0 bridgehead atoms. The third kappa shape index (κ3) is 3.09. The molecule has 2 aromatic carbocycles. The number of fused-ring (bicyclic) bond motifs is 1. The molecule has 5 heteroatoms. The van der Waals surface area contributed by atoms with Gasteiger partial charge in [-0.1, -0.05) is 30.3 Å². The Morgan fingerprint density at radius 2 is 1.92 bits per heavy atom. The highest BCUT2D eigenvalue weighted by Gasteiger charge is 2.31. The van der Waals surface area contributed by atoms with Gasteiger partial charge in [0.15, 0.2) is 6.10 Å². The summed E-state index contributed by atoms with van der Waals surface area (Å²) >= 11 is 0. The smallest absolute Gasteiger partial charge is 0.263 e. The number of ether oxygens (including phenoxy) is 1. The molecule has 2 atom stereocenters. The van der Waals surface area contributed by atoms with Gasteiger partial charge in [-0.05, 0) is 37.6 Å². The topological polar surface area (TPSA) is 47.4 Å². The van der Waals surface area contributed by atoms with Crippen molar-refractivity contribution in [3.05, 3.63) is 60.9 Å². The number of aromatic nitrogens is 2. The Labute approximate surface area is 146 Å². The monoisotopic (exact) mass is 335 g/mol. The summed E-state index contributed by atoms with van der Waals surface area (Å²) in [4.78, 5) is 19.1. The summed E-state index contributed by atoms with van der Waals surface area (Å²) in [5.41, 5.74) is 2.11. The zero-order chi connectivity index (χ0) is 17.2. The van der Waals surface area contributed by atoms with Crippen LogP contribution in [0, 0.1) is 0 Å². The van der Waals surface area contributed by atoms with E-state index in [4.69, 9.17) is 4.74 Å². The van der Waals surface area contributed by atoms with Crippen LogP contribution in [0.2, 0.25) is 0 Å². The Kier molecular flexibility index (Phi) is 4.14. The number of benzene rings is 2. The summed E-state index contributed by atoms with van der Waals surface area (Å²) < 4.78 is 7.96. The molecule has 25 heavy (non-hydrogen) atoms. The Bertz CT molecular complexity index is 875. The summed E-state index contributed by atoms with van der Waals surface area (Å²) in [5.74, 6) is 0.760. The summed E-state index contributed by atoms with van der Waals surface area (Å²) in [5, 5.41) is 0. The summed E-state index contributed by atoms with van der Waals surface area (Å²) in [7, 11) is 0. The second-order valence-electron chi connectivity index (χ2n) is 6.44. The SMILES string of the molecule is C[C@H](Oc1ccccc1)C(=O)N1CC[C@H](n2cnc3ccccc32)C1. The molecule has 1 saturated heterocycles. The zero-order valence-electron chi connectivity index (χ0n) is 14.2. The van der Waals surface area contributed by atoms with E-state index in [2.05, 4.69) is 15.6 Å². The van der Waals surface area contributed by atoms with Crippen molar-refractivity contribution in [2.75, 3.05) is 13.1 Å². The van der Waals surface area contributed by atoms with Gasteiger partial charge in [-0.2, -0.15) is 0 Å². The lowest BCUT2D eigenvalue weighted by Gasteiger charge is -2.22. The van der Waals surface area contributed by atoms with Crippen LogP contribution in [0.1, 0.15) is 19.4 Å². The van der Waals surface area contributed by atoms with Crippen molar-refractivity contribution < 1.29 is 9.53 Å². The first kappa shape index (κ1) is 15.7. The number of para-hydroxylation sites is 3. The number of nitrogens with zero attached hydrogens (tertiary/aromatic N) is 3. The van der Waals surface area contributed by atoms with Gasteiger partial charge in [-0.3, -0.25) is 4.79 Å². The molecule has 0 spiro atoms. The molecule has 0 radical (unpaired) electrons. The van der Waals surface area contributed by atoms with E-state index in [1.807, 2.05) is 66.7 Å². The number of rotatable bonds is 4. The maximum atomic E-state index is 12.7. The van der Waals surface area contributed by atoms with Gasteiger partial charge in [0.1, 0.15) is 5.75 Å². The van der Waals surface area contributed by atoms with Crippen molar-refractivity contribution >= 4 is 16.9 Å². The zero-order valence-corrected chi connectivity index (χ0v) is 14.2. The molecule has 128 valence electrons. The second-order valence-corrected chi connectivity index (χ2v) is 6.44. The molecular formula is C20H21N3O2. The van der Waals surface area contributed by atoms with Crippen LogP contribution in [0.25, 0.3) is 11.0 Å². The molecule has 5 nitrogen and oxygen atoms in total. The fourth-order valence-electron chi connectivity index (χ4n) is 3.45. The molecule has 2 heterocycles. The number of hydrogen-bond donors (Lipinski definition) is 0. The quantitative estimate of drug-likeness (QED) is 0.735. The Balaban J connectivity index is 1.44. The first-order valence-electron chi connectivity index (χ1n) is 8.64. The Hall–Kier alpha value is -2.82. The maximum Gasteiger partial charge on any atom is 0.263 e. The number of carbonyl (C=O) groups is 1. The van der Waals surface area contributed by atoms with E-state index >= 15 is 0 Å². The number of likely N-dealkylation sites (tertiary alicyclic amines) is 1. The molecule has 1 aliphatic heterocycles. The lowest BCUT2D eigenvalue weighted by atomic mass is 10.2. The van der Waals surface area contributed by atoms with Crippen molar-refractivity contribution in [1.29, 1.82) is 0 Å². The standard InChI is InChI=1S/C20H21N3O2/c1-15(25-17-7-3-2-4-8-17)20(24)22-12-11-16(13-22)23-14-21-18-9-5-6-10-19(18)23/h2-10,14-16H,11-13H2,1H3/t15-,16-/m0/s1. The van der Waals surface area contributed by atoms with Crippen LogP contribution < -0.4 is 4.74 Å². The van der Waals surface area contributed by atoms with Crippen LogP contribution >= 0.6 is 0 Å².